The number of likely N-dealkylation sites (tertiary alicyclic amines) is 1. The molecule has 1 atom stereocenters. The van der Waals surface area contributed by atoms with E-state index in [4.69, 9.17) is 9.47 Å². The fourth-order valence-corrected chi connectivity index (χ4v) is 6.38. The van der Waals surface area contributed by atoms with Gasteiger partial charge < -0.3 is 14.4 Å². The number of nitrogens with zero attached hydrogens (tertiary/aromatic N) is 5. The highest BCUT2D eigenvalue weighted by atomic mass is 32.1. The Morgan fingerprint density at radius 3 is 2.94 bits per heavy atom. The molecule has 3 aromatic rings. The monoisotopic (exact) mass is 482 g/mol. The standard InChI is InChI=1S/C24H30N6O3S/c31-23(29-6-3-24(16-29)4-8-32-9-5-24)28-22-27-20-12-25-11-19(21(20)34-22)18-10-26-30(14-18)13-17-2-1-7-33-15-17/h10-12,14,17H,1-9,13,15-16H2,(H,27,28,31)/t17-/m1/s1. The lowest BCUT2D eigenvalue weighted by Gasteiger charge is -2.33. The van der Waals surface area contributed by atoms with Gasteiger partial charge in [0.2, 0.25) is 0 Å². The van der Waals surface area contributed by atoms with Gasteiger partial charge in [-0.3, -0.25) is 15.0 Å². The third kappa shape index (κ3) is 4.42. The van der Waals surface area contributed by atoms with E-state index in [2.05, 4.69) is 26.6 Å². The summed E-state index contributed by atoms with van der Waals surface area (Å²) in [4.78, 5) is 23.9. The zero-order valence-corrected chi connectivity index (χ0v) is 20.1. The predicted molar refractivity (Wildman–Crippen MR) is 130 cm³/mol. The van der Waals surface area contributed by atoms with Gasteiger partial charge in [0, 0.05) is 68.9 Å². The van der Waals surface area contributed by atoms with E-state index in [1.54, 1.807) is 6.20 Å². The maximum atomic E-state index is 13.0. The van der Waals surface area contributed by atoms with E-state index in [9.17, 15) is 4.79 Å². The minimum Gasteiger partial charge on any atom is -0.381 e. The van der Waals surface area contributed by atoms with Crippen LogP contribution in [0.3, 0.4) is 0 Å². The first-order valence-electron chi connectivity index (χ1n) is 12.2. The molecule has 0 saturated carbocycles. The van der Waals surface area contributed by atoms with Crippen LogP contribution in [0.4, 0.5) is 9.93 Å². The van der Waals surface area contributed by atoms with E-state index >= 15 is 0 Å². The highest BCUT2D eigenvalue weighted by Gasteiger charge is 2.41. The second kappa shape index (κ2) is 9.24. The quantitative estimate of drug-likeness (QED) is 0.604. The topological polar surface area (TPSA) is 94.4 Å². The van der Waals surface area contributed by atoms with Gasteiger partial charge in [0.25, 0.3) is 0 Å². The van der Waals surface area contributed by atoms with Crippen LogP contribution in [0.2, 0.25) is 0 Å². The molecule has 3 fully saturated rings. The number of hydrogen-bond acceptors (Lipinski definition) is 7. The molecule has 1 N–H and O–H groups in total. The van der Waals surface area contributed by atoms with Crippen LogP contribution in [0, 0.1) is 11.3 Å². The Balaban J connectivity index is 1.16. The van der Waals surface area contributed by atoms with E-state index in [1.807, 2.05) is 22.0 Å². The van der Waals surface area contributed by atoms with Crippen molar-refractivity contribution in [2.45, 2.75) is 38.6 Å². The van der Waals surface area contributed by atoms with Crippen molar-refractivity contribution in [1.29, 1.82) is 0 Å². The Morgan fingerprint density at radius 1 is 1.18 bits per heavy atom. The van der Waals surface area contributed by atoms with Crippen molar-refractivity contribution in [2.24, 2.45) is 11.3 Å². The van der Waals surface area contributed by atoms with Gasteiger partial charge in [-0.25, -0.2) is 9.78 Å². The number of fused-ring (bicyclic) bond motifs is 1. The number of anilines is 1. The average molecular weight is 483 g/mol. The van der Waals surface area contributed by atoms with E-state index in [0.29, 0.717) is 11.0 Å². The molecule has 0 bridgehead atoms. The largest absolute Gasteiger partial charge is 0.381 e. The predicted octanol–water partition coefficient (Wildman–Crippen LogP) is 4.02. The molecule has 6 rings (SSSR count). The molecule has 10 heteroatoms. The number of pyridine rings is 1. The van der Waals surface area contributed by atoms with Gasteiger partial charge in [0.15, 0.2) is 5.13 Å². The molecule has 0 radical (unpaired) electrons. The smallest absolute Gasteiger partial charge is 0.323 e. The van der Waals surface area contributed by atoms with Gasteiger partial charge in [-0.05, 0) is 37.5 Å². The number of rotatable bonds is 4. The SMILES string of the molecule is O=C(Nc1nc2cncc(-c3cnn(C[C@H]4CCCOC4)c3)c2s1)N1CCC2(CCOCC2)C1. The molecule has 6 heterocycles. The maximum Gasteiger partial charge on any atom is 0.323 e. The minimum atomic E-state index is -0.0700. The fraction of sp³-hybridized carbons (Fsp3) is 0.583. The number of carbonyl (C=O) groups excluding carboxylic acids is 1. The van der Waals surface area contributed by atoms with Gasteiger partial charge in [-0.2, -0.15) is 5.10 Å². The first-order valence-corrected chi connectivity index (χ1v) is 13.0. The Hall–Kier alpha value is -2.56. The summed E-state index contributed by atoms with van der Waals surface area (Å²) >= 11 is 1.49. The van der Waals surface area contributed by atoms with Gasteiger partial charge in [0.1, 0.15) is 5.52 Å². The fourth-order valence-electron chi connectivity index (χ4n) is 5.42. The van der Waals surface area contributed by atoms with Crippen molar-refractivity contribution in [3.8, 4) is 11.1 Å². The number of urea groups is 1. The highest BCUT2D eigenvalue weighted by molar-refractivity contribution is 7.22. The molecule has 0 unspecified atom stereocenters. The van der Waals surface area contributed by atoms with Crippen molar-refractivity contribution in [3.63, 3.8) is 0 Å². The van der Waals surface area contributed by atoms with E-state index in [1.165, 1.54) is 17.8 Å². The zero-order valence-electron chi connectivity index (χ0n) is 19.2. The molecular formula is C24H30N6O3S. The number of ether oxygens (including phenoxy) is 2. The molecule has 1 spiro atoms. The molecule has 34 heavy (non-hydrogen) atoms. The summed E-state index contributed by atoms with van der Waals surface area (Å²) in [5.41, 5.74) is 3.01. The van der Waals surface area contributed by atoms with E-state index in [0.717, 1.165) is 93.1 Å². The molecule has 3 aliphatic heterocycles. The van der Waals surface area contributed by atoms with Crippen LogP contribution in [0.1, 0.15) is 32.1 Å². The molecule has 3 aromatic heterocycles. The Morgan fingerprint density at radius 2 is 2.09 bits per heavy atom. The number of aromatic nitrogens is 4. The Bertz CT molecular complexity index is 1160. The summed E-state index contributed by atoms with van der Waals surface area (Å²) in [5.74, 6) is 0.506. The van der Waals surface area contributed by atoms with Crippen LogP contribution in [0.5, 0.6) is 0 Å². The molecule has 180 valence electrons. The number of carbonyl (C=O) groups is 1. The van der Waals surface area contributed by atoms with E-state index in [-0.39, 0.29) is 11.4 Å². The zero-order chi connectivity index (χ0) is 23.0. The van der Waals surface area contributed by atoms with Crippen molar-refractivity contribution in [1.82, 2.24) is 24.6 Å². The van der Waals surface area contributed by atoms with Gasteiger partial charge >= 0.3 is 6.03 Å². The summed E-state index contributed by atoms with van der Waals surface area (Å²) in [6.07, 6.45) is 13.0. The second-order valence-electron chi connectivity index (χ2n) is 9.80. The van der Waals surface area contributed by atoms with E-state index < -0.39 is 0 Å². The molecule has 0 aromatic carbocycles. The first-order chi connectivity index (χ1) is 16.7. The highest BCUT2D eigenvalue weighted by Crippen LogP contribution is 2.40. The van der Waals surface area contributed by atoms with Crippen LogP contribution in [-0.2, 0) is 16.0 Å². The average Bonchev–Trinajstić information content (AvgIpc) is 3.59. The molecule has 2 amide bonds. The van der Waals surface area contributed by atoms with Gasteiger partial charge in [-0.15, -0.1) is 0 Å². The Kier molecular flexibility index (Phi) is 5.96. The number of amides is 2. The van der Waals surface area contributed by atoms with Crippen LogP contribution in [0.25, 0.3) is 21.3 Å². The lowest BCUT2D eigenvalue weighted by molar-refractivity contribution is 0.0211. The third-order valence-electron chi connectivity index (χ3n) is 7.44. The van der Waals surface area contributed by atoms with Crippen molar-refractivity contribution in [3.05, 3.63) is 24.8 Å². The number of hydrogen-bond donors (Lipinski definition) is 1. The Labute approximate surface area is 202 Å². The summed E-state index contributed by atoms with van der Waals surface area (Å²) in [7, 11) is 0. The summed E-state index contributed by atoms with van der Waals surface area (Å²) < 4.78 is 14.1. The summed E-state index contributed by atoms with van der Waals surface area (Å²) in [5, 5.41) is 8.21. The van der Waals surface area contributed by atoms with Crippen LogP contribution < -0.4 is 5.32 Å². The lowest BCUT2D eigenvalue weighted by Crippen LogP contribution is -2.37. The van der Waals surface area contributed by atoms with Crippen molar-refractivity contribution >= 4 is 32.7 Å². The van der Waals surface area contributed by atoms with Gasteiger partial charge in [-0.1, -0.05) is 11.3 Å². The van der Waals surface area contributed by atoms with Gasteiger partial charge in [0.05, 0.1) is 23.7 Å². The maximum absolute atomic E-state index is 13.0. The molecular weight excluding hydrogens is 452 g/mol. The van der Waals surface area contributed by atoms with Crippen LogP contribution in [0.15, 0.2) is 24.8 Å². The van der Waals surface area contributed by atoms with Crippen molar-refractivity contribution < 1.29 is 14.3 Å². The third-order valence-corrected chi connectivity index (χ3v) is 8.46. The number of thiazole rings is 1. The summed E-state index contributed by atoms with van der Waals surface area (Å²) in [6.45, 7) is 5.71. The normalized spacial score (nSPS) is 22.5. The van der Waals surface area contributed by atoms with Crippen LogP contribution in [-0.4, -0.2) is 70.2 Å². The van der Waals surface area contributed by atoms with Crippen LogP contribution >= 0.6 is 11.3 Å². The number of nitrogens with one attached hydrogen (secondary N) is 1. The molecule has 3 saturated heterocycles. The molecule has 3 aliphatic rings. The molecule has 9 nitrogen and oxygen atoms in total. The van der Waals surface area contributed by atoms with Crippen molar-refractivity contribution in [2.75, 3.05) is 44.8 Å². The first kappa shape index (κ1) is 21.9. The molecule has 0 aliphatic carbocycles. The minimum absolute atomic E-state index is 0.0700. The summed E-state index contributed by atoms with van der Waals surface area (Å²) in [6, 6.07) is -0.0700. The second-order valence-corrected chi connectivity index (χ2v) is 10.8. The lowest BCUT2D eigenvalue weighted by atomic mass is 9.80.